The number of likely N-dealkylation sites (tertiary alicyclic amines) is 1. The summed E-state index contributed by atoms with van der Waals surface area (Å²) in [7, 11) is 0. The fraction of sp³-hybridized carbons (Fsp3) is 0.286. The second kappa shape index (κ2) is 18.4. The first kappa shape index (κ1) is 34.5. The summed E-state index contributed by atoms with van der Waals surface area (Å²) < 4.78 is 28.3. The van der Waals surface area contributed by atoms with Gasteiger partial charge in [0.25, 0.3) is 0 Å². The highest BCUT2D eigenvalue weighted by atomic mass is 127. The minimum absolute atomic E-state index is 0.0530. The van der Waals surface area contributed by atoms with E-state index >= 15 is 0 Å². The summed E-state index contributed by atoms with van der Waals surface area (Å²) in [5.41, 5.74) is 5.77. The third kappa shape index (κ3) is 9.62. The molecule has 5 atom stereocenters. The minimum Gasteiger partial charge on any atom is -0.375 e. The Morgan fingerprint density at radius 2 is 0.771 bits per heavy atom. The summed E-state index contributed by atoms with van der Waals surface area (Å²) in [4.78, 5) is 2.56. The van der Waals surface area contributed by atoms with Gasteiger partial charge in [-0.1, -0.05) is 174 Å². The molecule has 0 spiro atoms. The first-order valence-electron chi connectivity index (χ1n) is 16.7. The van der Waals surface area contributed by atoms with Gasteiger partial charge in [-0.05, 0) is 27.8 Å². The normalized spacial score (nSPS) is 21.2. The molecule has 0 amide bonds. The first-order chi connectivity index (χ1) is 23.8. The molecule has 248 valence electrons. The monoisotopic (exact) mass is 753 g/mol. The molecule has 5 nitrogen and oxygen atoms in total. The molecule has 5 aromatic carbocycles. The van der Waals surface area contributed by atoms with Gasteiger partial charge >= 0.3 is 0 Å². The molecule has 1 fully saturated rings. The maximum Gasteiger partial charge on any atom is 0.113 e. The van der Waals surface area contributed by atoms with Gasteiger partial charge in [0.15, 0.2) is 0 Å². The maximum atomic E-state index is 7.00. The molecule has 0 radical (unpaired) electrons. The molecule has 1 heterocycles. The fourth-order valence-electron chi connectivity index (χ4n) is 6.42. The van der Waals surface area contributed by atoms with Crippen LogP contribution in [0.25, 0.3) is 0 Å². The highest BCUT2D eigenvalue weighted by Crippen LogP contribution is 2.35. The van der Waals surface area contributed by atoms with Crippen LogP contribution in [0.2, 0.25) is 0 Å². The van der Waals surface area contributed by atoms with Crippen molar-refractivity contribution in [3.05, 3.63) is 179 Å². The smallest absolute Gasteiger partial charge is 0.113 e. The van der Waals surface area contributed by atoms with Crippen molar-refractivity contribution < 1.29 is 18.9 Å². The quantitative estimate of drug-likeness (QED) is 0.0746. The van der Waals surface area contributed by atoms with E-state index in [0.717, 1.165) is 33.2 Å². The highest BCUT2D eigenvalue weighted by Gasteiger charge is 2.51. The molecule has 0 unspecified atom stereocenters. The minimum atomic E-state index is -0.338. The van der Waals surface area contributed by atoms with E-state index in [9.17, 15) is 0 Å². The summed E-state index contributed by atoms with van der Waals surface area (Å²) >= 11 is 2.52. The molecule has 1 saturated heterocycles. The molecule has 5 aromatic rings. The third-order valence-corrected chi connectivity index (χ3v) is 9.78. The lowest BCUT2D eigenvalue weighted by Gasteiger charge is -2.52. The van der Waals surface area contributed by atoms with Crippen molar-refractivity contribution >= 4 is 22.6 Å². The Morgan fingerprint density at radius 3 is 1.19 bits per heavy atom. The lowest BCUT2D eigenvalue weighted by atomic mass is 9.87. The number of nitrogens with zero attached hydrogens (tertiary/aromatic N) is 1. The largest absolute Gasteiger partial charge is 0.375 e. The van der Waals surface area contributed by atoms with E-state index in [4.69, 9.17) is 18.9 Å². The molecule has 1 aliphatic rings. The number of rotatable bonds is 16. The lowest BCUT2D eigenvalue weighted by Crippen LogP contribution is -2.69. The van der Waals surface area contributed by atoms with Crippen LogP contribution in [0.4, 0.5) is 0 Å². The Hall–Kier alpha value is -3.37. The van der Waals surface area contributed by atoms with Gasteiger partial charge in [-0.15, -0.1) is 0 Å². The predicted octanol–water partition coefficient (Wildman–Crippen LogP) is 8.65. The number of benzene rings is 5. The van der Waals surface area contributed by atoms with Gasteiger partial charge in [0.1, 0.15) is 18.3 Å². The van der Waals surface area contributed by atoms with Gasteiger partial charge < -0.3 is 18.9 Å². The fourth-order valence-corrected chi connectivity index (χ4v) is 7.42. The summed E-state index contributed by atoms with van der Waals surface area (Å²) in [6.07, 6.45) is -0.913. The maximum absolute atomic E-state index is 7.00. The average molecular weight is 754 g/mol. The standard InChI is InChI=1S/C42H44INO4/c43-26-38-40(46-29-35-20-10-3-11-21-35)42(48-31-37-24-14-5-15-25-37)41(47-30-36-22-12-4-13-23-36)39(32-45-28-34-18-8-2-9-19-34)44(38)27-33-16-6-1-7-17-33/h1-25,38-42H,26-32H2/t38-,39-,40+,41+,42-/m1/s1. The summed E-state index contributed by atoms with van der Waals surface area (Å²) in [6, 6.07) is 52.2. The predicted molar refractivity (Wildman–Crippen MR) is 200 cm³/mol. The second-order valence-corrected chi connectivity index (χ2v) is 13.1. The summed E-state index contributed by atoms with van der Waals surface area (Å²) in [5, 5.41) is 0. The number of hydrogen-bond donors (Lipinski definition) is 0. The molecule has 1 aliphatic heterocycles. The Kier molecular flexibility index (Phi) is 13.2. The van der Waals surface area contributed by atoms with Crippen molar-refractivity contribution in [1.82, 2.24) is 4.90 Å². The summed E-state index contributed by atoms with van der Waals surface area (Å²) in [5.74, 6) is 0. The van der Waals surface area contributed by atoms with Crippen LogP contribution in [0, 0.1) is 0 Å². The van der Waals surface area contributed by atoms with Gasteiger partial charge in [-0.3, -0.25) is 4.90 Å². The van der Waals surface area contributed by atoms with Gasteiger partial charge in [-0.25, -0.2) is 0 Å². The van der Waals surface area contributed by atoms with E-state index in [0.29, 0.717) is 33.0 Å². The summed E-state index contributed by atoms with van der Waals surface area (Å²) in [6.45, 7) is 3.18. The third-order valence-electron chi connectivity index (χ3n) is 8.88. The van der Waals surface area contributed by atoms with Crippen molar-refractivity contribution in [2.45, 2.75) is 63.4 Å². The van der Waals surface area contributed by atoms with E-state index in [1.165, 1.54) is 5.56 Å². The van der Waals surface area contributed by atoms with Gasteiger partial charge in [0, 0.05) is 17.0 Å². The van der Waals surface area contributed by atoms with Crippen LogP contribution in [-0.2, 0) is 51.9 Å². The van der Waals surface area contributed by atoms with Crippen LogP contribution in [0.3, 0.4) is 0 Å². The zero-order valence-electron chi connectivity index (χ0n) is 27.2. The average Bonchev–Trinajstić information content (AvgIpc) is 3.15. The van der Waals surface area contributed by atoms with E-state index in [-0.39, 0.29) is 30.4 Å². The van der Waals surface area contributed by atoms with Crippen molar-refractivity contribution in [3.8, 4) is 0 Å². The topological polar surface area (TPSA) is 40.2 Å². The van der Waals surface area contributed by atoms with Crippen LogP contribution >= 0.6 is 22.6 Å². The van der Waals surface area contributed by atoms with Crippen molar-refractivity contribution in [1.29, 1.82) is 0 Å². The number of piperidine rings is 1. The van der Waals surface area contributed by atoms with Crippen molar-refractivity contribution in [3.63, 3.8) is 0 Å². The van der Waals surface area contributed by atoms with Crippen LogP contribution < -0.4 is 0 Å². The lowest BCUT2D eigenvalue weighted by molar-refractivity contribution is -0.227. The van der Waals surface area contributed by atoms with Crippen molar-refractivity contribution in [2.24, 2.45) is 0 Å². The number of hydrogen-bond acceptors (Lipinski definition) is 5. The Labute approximate surface area is 299 Å². The molecule has 6 heteroatoms. The van der Waals surface area contributed by atoms with Gasteiger partial charge in [0.2, 0.25) is 0 Å². The number of alkyl halides is 1. The second-order valence-electron chi connectivity index (χ2n) is 12.2. The molecule has 0 aliphatic carbocycles. The van der Waals surface area contributed by atoms with E-state index in [2.05, 4.69) is 155 Å². The number of ether oxygens (including phenoxy) is 4. The van der Waals surface area contributed by atoms with Crippen LogP contribution in [0.1, 0.15) is 27.8 Å². The molecule has 0 bridgehead atoms. The van der Waals surface area contributed by atoms with E-state index < -0.39 is 0 Å². The van der Waals surface area contributed by atoms with Crippen molar-refractivity contribution in [2.75, 3.05) is 11.0 Å². The van der Waals surface area contributed by atoms with Gasteiger partial charge in [0.05, 0.1) is 39.1 Å². The zero-order chi connectivity index (χ0) is 32.8. The molecule has 6 rings (SSSR count). The molecular weight excluding hydrogens is 709 g/mol. The SMILES string of the molecule is IC[C@@H]1[C@H](OCc2ccccc2)[C@@H](OCc2ccccc2)[C@@H](OCc2ccccc2)[C@@H](COCc2ccccc2)N1Cc1ccccc1. The molecule has 0 saturated carbocycles. The van der Waals surface area contributed by atoms with Crippen LogP contribution in [0.5, 0.6) is 0 Å². The molecule has 0 N–H and O–H groups in total. The Balaban J connectivity index is 1.37. The molecule has 0 aromatic heterocycles. The molecule has 48 heavy (non-hydrogen) atoms. The first-order valence-corrected chi connectivity index (χ1v) is 18.2. The van der Waals surface area contributed by atoms with E-state index in [1.807, 2.05) is 24.3 Å². The van der Waals surface area contributed by atoms with E-state index in [1.54, 1.807) is 0 Å². The Bertz CT molecular complexity index is 1590. The molecular formula is C42H44INO4. The van der Waals surface area contributed by atoms with Crippen LogP contribution in [-0.4, -0.2) is 46.3 Å². The zero-order valence-corrected chi connectivity index (χ0v) is 29.4. The Morgan fingerprint density at radius 1 is 0.417 bits per heavy atom. The van der Waals surface area contributed by atoms with Gasteiger partial charge in [-0.2, -0.15) is 0 Å². The van der Waals surface area contributed by atoms with Crippen LogP contribution in [0.15, 0.2) is 152 Å². The number of halogens is 1. The highest BCUT2D eigenvalue weighted by molar-refractivity contribution is 14.1.